The van der Waals surface area contributed by atoms with Gasteiger partial charge in [0.25, 0.3) is 5.56 Å². The van der Waals surface area contributed by atoms with Crippen LogP contribution in [0.2, 0.25) is 0 Å². The molecule has 2 heterocycles. The summed E-state index contributed by atoms with van der Waals surface area (Å²) in [6.45, 7) is 15.0. The van der Waals surface area contributed by atoms with Gasteiger partial charge in [0.05, 0.1) is 24.1 Å². The molecule has 142 valence electrons. The van der Waals surface area contributed by atoms with E-state index in [4.69, 9.17) is 16.3 Å². The second-order valence-corrected chi connectivity index (χ2v) is 6.43. The van der Waals surface area contributed by atoms with Gasteiger partial charge in [-0.25, -0.2) is 0 Å². The number of ether oxygens (including phenoxy) is 1. The molecule has 1 N–H and O–H groups in total. The van der Waals surface area contributed by atoms with Gasteiger partial charge in [-0.15, -0.1) is 0 Å². The number of hydrogen-bond acceptors (Lipinski definition) is 4. The lowest BCUT2D eigenvalue weighted by Crippen LogP contribution is -2.47. The standard InChI is InChI=1S/C20H28ClN3O2/c1-5-17-16(8-9-21)19(24-12-10-23(6-2)11-13-24)18(20(25)22-17)15(4)14-26-7-3/h5,8-9,14H,1,6-7,10-13H2,2-4H3,(H,22,25)/b9-8+,15-14+. The van der Waals surface area contributed by atoms with Crippen molar-refractivity contribution in [3.8, 4) is 0 Å². The number of anilines is 1. The van der Waals surface area contributed by atoms with Gasteiger partial charge in [0, 0.05) is 43.0 Å². The molecule has 1 aliphatic rings. The number of aromatic amines is 1. The molecule has 0 unspecified atom stereocenters. The number of piperazine rings is 1. The first-order chi connectivity index (χ1) is 12.6. The van der Waals surface area contributed by atoms with Gasteiger partial charge in [0.15, 0.2) is 0 Å². The Labute approximate surface area is 160 Å². The predicted octanol–water partition coefficient (Wildman–Crippen LogP) is 3.77. The van der Waals surface area contributed by atoms with Crippen molar-refractivity contribution < 1.29 is 4.74 Å². The highest BCUT2D eigenvalue weighted by Gasteiger charge is 2.24. The van der Waals surface area contributed by atoms with E-state index in [-0.39, 0.29) is 5.56 Å². The van der Waals surface area contributed by atoms with Crippen LogP contribution in [0.3, 0.4) is 0 Å². The van der Waals surface area contributed by atoms with E-state index >= 15 is 0 Å². The van der Waals surface area contributed by atoms with Crippen LogP contribution in [0, 0.1) is 0 Å². The van der Waals surface area contributed by atoms with Crippen LogP contribution in [0.4, 0.5) is 5.69 Å². The molecule has 0 radical (unpaired) electrons. The fourth-order valence-electron chi connectivity index (χ4n) is 3.26. The molecular formula is C20H28ClN3O2. The molecule has 0 aromatic carbocycles. The molecule has 1 fully saturated rings. The third-order valence-corrected chi connectivity index (χ3v) is 4.77. The highest BCUT2D eigenvalue weighted by Crippen LogP contribution is 2.32. The molecule has 0 atom stereocenters. The predicted molar refractivity (Wildman–Crippen MR) is 112 cm³/mol. The highest BCUT2D eigenvalue weighted by atomic mass is 35.5. The zero-order chi connectivity index (χ0) is 19.1. The van der Waals surface area contributed by atoms with Crippen molar-refractivity contribution in [2.24, 2.45) is 0 Å². The van der Waals surface area contributed by atoms with E-state index in [0.717, 1.165) is 49.5 Å². The van der Waals surface area contributed by atoms with Gasteiger partial charge in [-0.05, 0) is 38.1 Å². The summed E-state index contributed by atoms with van der Waals surface area (Å²) in [4.78, 5) is 20.4. The van der Waals surface area contributed by atoms with Gasteiger partial charge in [-0.2, -0.15) is 0 Å². The maximum Gasteiger partial charge on any atom is 0.258 e. The summed E-state index contributed by atoms with van der Waals surface area (Å²) < 4.78 is 5.43. The van der Waals surface area contributed by atoms with Gasteiger partial charge in [-0.1, -0.05) is 25.1 Å². The number of allylic oxidation sites excluding steroid dienone is 1. The Morgan fingerprint density at radius 1 is 1.31 bits per heavy atom. The zero-order valence-electron chi connectivity index (χ0n) is 15.8. The summed E-state index contributed by atoms with van der Waals surface area (Å²) in [5.74, 6) is 0. The Balaban J connectivity index is 2.65. The summed E-state index contributed by atoms with van der Waals surface area (Å²) in [5, 5.41) is 0. The molecule has 0 bridgehead atoms. The molecular weight excluding hydrogens is 350 g/mol. The van der Waals surface area contributed by atoms with Crippen molar-refractivity contribution in [3.05, 3.63) is 45.6 Å². The lowest BCUT2D eigenvalue weighted by Gasteiger charge is -2.37. The van der Waals surface area contributed by atoms with Gasteiger partial charge in [0.2, 0.25) is 0 Å². The number of aromatic nitrogens is 1. The zero-order valence-corrected chi connectivity index (χ0v) is 16.6. The van der Waals surface area contributed by atoms with Crippen LogP contribution in [-0.4, -0.2) is 49.2 Å². The maximum atomic E-state index is 12.9. The second kappa shape index (κ2) is 9.64. The number of nitrogens with one attached hydrogen (secondary N) is 1. The van der Waals surface area contributed by atoms with Gasteiger partial charge in [-0.3, -0.25) is 4.79 Å². The molecule has 1 saturated heterocycles. The number of likely N-dealkylation sites (N-methyl/N-ethyl adjacent to an activating group) is 1. The lowest BCUT2D eigenvalue weighted by molar-refractivity contribution is 0.270. The minimum atomic E-state index is -0.145. The Morgan fingerprint density at radius 3 is 2.54 bits per heavy atom. The summed E-state index contributed by atoms with van der Waals surface area (Å²) in [6, 6.07) is 0. The van der Waals surface area contributed by atoms with Crippen molar-refractivity contribution in [2.75, 3.05) is 44.2 Å². The Bertz CT molecular complexity index is 744. The van der Waals surface area contributed by atoms with Gasteiger partial charge >= 0.3 is 0 Å². The van der Waals surface area contributed by atoms with E-state index in [1.807, 2.05) is 19.9 Å². The van der Waals surface area contributed by atoms with E-state index < -0.39 is 0 Å². The van der Waals surface area contributed by atoms with E-state index in [9.17, 15) is 4.79 Å². The minimum absolute atomic E-state index is 0.145. The highest BCUT2D eigenvalue weighted by molar-refractivity contribution is 6.27. The van der Waals surface area contributed by atoms with Crippen LogP contribution in [0.5, 0.6) is 0 Å². The van der Waals surface area contributed by atoms with Crippen LogP contribution in [0.15, 0.2) is 23.2 Å². The molecule has 2 rings (SSSR count). The molecule has 5 nitrogen and oxygen atoms in total. The fourth-order valence-corrected chi connectivity index (χ4v) is 3.39. The van der Waals surface area contributed by atoms with Crippen LogP contribution >= 0.6 is 11.6 Å². The maximum absolute atomic E-state index is 12.9. The minimum Gasteiger partial charge on any atom is -0.501 e. The Hall–Kier alpha value is -1.98. The van der Waals surface area contributed by atoms with Crippen LogP contribution < -0.4 is 10.5 Å². The van der Waals surface area contributed by atoms with E-state index in [1.54, 1.807) is 12.3 Å². The van der Waals surface area contributed by atoms with Crippen molar-refractivity contribution in [3.63, 3.8) is 0 Å². The van der Waals surface area contributed by atoms with Crippen LogP contribution in [-0.2, 0) is 4.74 Å². The fraction of sp³-hybridized carbons (Fsp3) is 0.450. The molecule has 1 aliphatic heterocycles. The topological polar surface area (TPSA) is 48.6 Å². The molecule has 0 amide bonds. The van der Waals surface area contributed by atoms with Crippen LogP contribution in [0.1, 0.15) is 37.6 Å². The van der Waals surface area contributed by atoms with Crippen LogP contribution in [0.25, 0.3) is 17.7 Å². The third-order valence-electron chi connectivity index (χ3n) is 4.65. The molecule has 6 heteroatoms. The van der Waals surface area contributed by atoms with Crippen molar-refractivity contribution >= 4 is 35.0 Å². The van der Waals surface area contributed by atoms with Gasteiger partial charge in [0.1, 0.15) is 0 Å². The molecule has 1 aromatic rings. The average molecular weight is 378 g/mol. The van der Waals surface area contributed by atoms with E-state index in [0.29, 0.717) is 17.9 Å². The summed E-state index contributed by atoms with van der Waals surface area (Å²) >= 11 is 5.90. The van der Waals surface area contributed by atoms with Gasteiger partial charge < -0.3 is 19.5 Å². The summed E-state index contributed by atoms with van der Waals surface area (Å²) in [6.07, 6.45) is 5.12. The number of hydrogen-bond donors (Lipinski definition) is 1. The van der Waals surface area contributed by atoms with Crippen molar-refractivity contribution in [1.29, 1.82) is 0 Å². The number of pyridine rings is 1. The molecule has 0 aliphatic carbocycles. The summed E-state index contributed by atoms with van der Waals surface area (Å²) in [7, 11) is 0. The third kappa shape index (κ3) is 4.40. The Kier molecular flexibility index (Phi) is 7.54. The lowest BCUT2D eigenvalue weighted by atomic mass is 10.00. The summed E-state index contributed by atoms with van der Waals surface area (Å²) in [5.41, 5.74) is 5.18. The average Bonchev–Trinajstić information content (AvgIpc) is 2.67. The molecule has 1 aromatic heterocycles. The first-order valence-electron chi connectivity index (χ1n) is 9.02. The first kappa shape index (κ1) is 20.3. The van der Waals surface area contributed by atoms with E-state index in [1.165, 1.54) is 5.54 Å². The molecule has 0 saturated carbocycles. The number of H-pyrrole nitrogens is 1. The van der Waals surface area contributed by atoms with E-state index in [2.05, 4.69) is 28.3 Å². The SMILES string of the molecule is C=Cc1[nH]c(=O)c(/C(C)=C/OCC)c(N2CCN(CC)CC2)c1/C=C/Cl. The number of nitrogens with zero attached hydrogens (tertiary/aromatic N) is 2. The first-order valence-corrected chi connectivity index (χ1v) is 9.46. The molecule has 26 heavy (non-hydrogen) atoms. The normalized spacial score (nSPS) is 16.3. The van der Waals surface area contributed by atoms with Crippen molar-refractivity contribution in [2.45, 2.75) is 20.8 Å². The largest absolute Gasteiger partial charge is 0.501 e. The monoisotopic (exact) mass is 377 g/mol. The second-order valence-electron chi connectivity index (χ2n) is 6.18. The van der Waals surface area contributed by atoms with Crippen molar-refractivity contribution in [1.82, 2.24) is 9.88 Å². The smallest absolute Gasteiger partial charge is 0.258 e. The number of halogens is 1. The molecule has 0 spiro atoms. The number of rotatable bonds is 7. The Morgan fingerprint density at radius 2 is 2.00 bits per heavy atom. The quantitative estimate of drug-likeness (QED) is 0.735.